The van der Waals surface area contributed by atoms with Gasteiger partial charge < -0.3 is 0 Å². The summed E-state index contributed by atoms with van der Waals surface area (Å²) in [5.74, 6) is 1.91. The zero-order chi connectivity index (χ0) is 13.0. The van der Waals surface area contributed by atoms with Crippen molar-refractivity contribution in [3.63, 3.8) is 0 Å². The summed E-state index contributed by atoms with van der Waals surface area (Å²) in [6.07, 6.45) is 0. The molecule has 0 aromatic heterocycles. The number of hydrogen-bond donors (Lipinski definition) is 0. The van der Waals surface area contributed by atoms with E-state index in [-0.39, 0.29) is 5.92 Å². The van der Waals surface area contributed by atoms with Gasteiger partial charge in [-0.2, -0.15) is 0 Å². The first kappa shape index (κ1) is 11.0. The lowest BCUT2D eigenvalue weighted by atomic mass is 9.47. The van der Waals surface area contributed by atoms with Crippen LogP contribution >= 0.6 is 0 Å². The van der Waals surface area contributed by atoms with Gasteiger partial charge in [0.1, 0.15) is 0 Å². The average Bonchev–Trinajstić information content (AvgIpc) is 2.46. The molecule has 0 heterocycles. The Morgan fingerprint density at radius 2 is 1.47 bits per heavy atom. The molecule has 2 aromatic carbocycles. The summed E-state index contributed by atoms with van der Waals surface area (Å²) in [5.41, 5.74) is 3.54. The zero-order valence-corrected chi connectivity index (χ0v) is 10.9. The number of carbonyl (C=O) groups excluding carboxylic acids is 1. The van der Waals surface area contributed by atoms with Crippen molar-refractivity contribution in [2.24, 2.45) is 11.8 Å². The third kappa shape index (κ3) is 1.33. The molecular formula is C18H16O. The van der Waals surface area contributed by atoms with Crippen LogP contribution in [0.15, 0.2) is 54.6 Å². The van der Waals surface area contributed by atoms with Crippen LogP contribution in [0.1, 0.15) is 40.2 Å². The number of hydrogen-bond acceptors (Lipinski definition) is 1. The Bertz CT molecular complexity index is 644. The number of ketones is 1. The summed E-state index contributed by atoms with van der Waals surface area (Å²) in [4.78, 5) is 12.6. The van der Waals surface area contributed by atoms with E-state index in [2.05, 4.69) is 43.3 Å². The molecule has 0 amide bonds. The molecule has 2 aromatic rings. The second kappa shape index (κ2) is 3.80. The molecular weight excluding hydrogens is 232 g/mol. The van der Waals surface area contributed by atoms with Gasteiger partial charge >= 0.3 is 0 Å². The number of carbonyl (C=O) groups is 1. The van der Waals surface area contributed by atoms with Gasteiger partial charge in [-0.1, -0.05) is 61.5 Å². The van der Waals surface area contributed by atoms with E-state index < -0.39 is 0 Å². The highest BCUT2D eigenvalue weighted by molar-refractivity contribution is 6.03. The van der Waals surface area contributed by atoms with Gasteiger partial charge in [0.05, 0.1) is 0 Å². The molecule has 94 valence electrons. The zero-order valence-electron chi connectivity index (χ0n) is 10.9. The summed E-state index contributed by atoms with van der Waals surface area (Å²) in [6.45, 7) is 2.22. The number of rotatable bonds is 1. The SMILES string of the molecule is CC1C2C(=O)c3ccccc3C1C2c1ccccc1. The molecule has 2 aliphatic carbocycles. The van der Waals surface area contributed by atoms with Crippen molar-refractivity contribution in [2.75, 3.05) is 0 Å². The topological polar surface area (TPSA) is 17.1 Å². The van der Waals surface area contributed by atoms with Crippen molar-refractivity contribution in [1.29, 1.82) is 0 Å². The van der Waals surface area contributed by atoms with Crippen molar-refractivity contribution < 1.29 is 4.79 Å². The highest BCUT2D eigenvalue weighted by Gasteiger charge is 2.56. The standard InChI is InChI=1S/C18H16O/c1-11-15-13-9-5-6-10-14(13)18(19)16(11)17(15)12-7-3-2-4-8-12/h2-11,15-17H,1H3. The monoisotopic (exact) mass is 248 g/mol. The molecule has 1 fully saturated rings. The Balaban J connectivity index is 1.86. The fourth-order valence-electron chi connectivity index (χ4n) is 4.12. The second-order valence-electron chi connectivity index (χ2n) is 5.80. The van der Waals surface area contributed by atoms with E-state index in [9.17, 15) is 4.79 Å². The van der Waals surface area contributed by atoms with E-state index >= 15 is 0 Å². The highest BCUT2D eigenvalue weighted by Crippen LogP contribution is 2.62. The van der Waals surface area contributed by atoms with Crippen molar-refractivity contribution in [1.82, 2.24) is 0 Å². The number of fused-ring (bicyclic) bond motifs is 4. The molecule has 0 saturated heterocycles. The van der Waals surface area contributed by atoms with Gasteiger partial charge in [0.25, 0.3) is 0 Å². The summed E-state index contributed by atoms with van der Waals surface area (Å²) in [7, 11) is 0. The molecule has 4 unspecified atom stereocenters. The Hall–Kier alpha value is -1.89. The van der Waals surface area contributed by atoms with Gasteiger partial charge in [-0.15, -0.1) is 0 Å². The van der Waals surface area contributed by atoms with E-state index in [4.69, 9.17) is 0 Å². The van der Waals surface area contributed by atoms with Crippen LogP contribution in [0, 0.1) is 11.8 Å². The molecule has 0 radical (unpaired) electrons. The molecule has 0 aliphatic heterocycles. The average molecular weight is 248 g/mol. The summed E-state index contributed by atoms with van der Waals surface area (Å²) in [5, 5.41) is 0. The van der Waals surface area contributed by atoms with Crippen LogP contribution in [-0.4, -0.2) is 5.78 Å². The van der Waals surface area contributed by atoms with Crippen LogP contribution in [0.25, 0.3) is 0 Å². The maximum atomic E-state index is 12.6. The Morgan fingerprint density at radius 1 is 0.789 bits per heavy atom. The summed E-state index contributed by atoms with van der Waals surface area (Å²) < 4.78 is 0. The summed E-state index contributed by atoms with van der Waals surface area (Å²) >= 11 is 0. The van der Waals surface area contributed by atoms with E-state index in [0.717, 1.165) is 5.56 Å². The van der Waals surface area contributed by atoms with E-state index in [0.29, 0.717) is 23.5 Å². The van der Waals surface area contributed by atoms with Gasteiger partial charge in [-0.3, -0.25) is 4.79 Å². The molecule has 2 aliphatic rings. The van der Waals surface area contributed by atoms with Crippen LogP contribution in [0.4, 0.5) is 0 Å². The molecule has 4 atom stereocenters. The van der Waals surface area contributed by atoms with Crippen LogP contribution in [0.5, 0.6) is 0 Å². The Kier molecular flexibility index (Phi) is 2.20. The van der Waals surface area contributed by atoms with E-state index in [1.807, 2.05) is 18.2 Å². The fourth-order valence-corrected chi connectivity index (χ4v) is 4.12. The Labute approximate surface area is 113 Å². The molecule has 1 saturated carbocycles. The third-order valence-electron chi connectivity index (χ3n) is 4.98. The van der Waals surface area contributed by atoms with Crippen molar-refractivity contribution in [2.45, 2.75) is 18.8 Å². The van der Waals surface area contributed by atoms with Crippen molar-refractivity contribution in [3.8, 4) is 0 Å². The molecule has 0 N–H and O–H groups in total. The van der Waals surface area contributed by atoms with Crippen LogP contribution in [0.2, 0.25) is 0 Å². The number of benzene rings is 2. The number of Topliss-reactive ketones (excluding diaryl/α,β-unsaturated/α-hetero) is 1. The molecule has 19 heavy (non-hydrogen) atoms. The van der Waals surface area contributed by atoms with Gasteiger partial charge in [0, 0.05) is 17.4 Å². The van der Waals surface area contributed by atoms with Crippen LogP contribution < -0.4 is 0 Å². The lowest BCUT2D eigenvalue weighted by Crippen LogP contribution is -2.50. The normalized spacial score (nSPS) is 31.5. The highest BCUT2D eigenvalue weighted by atomic mass is 16.1. The van der Waals surface area contributed by atoms with Gasteiger partial charge in [0.15, 0.2) is 5.78 Å². The maximum absolute atomic E-state index is 12.6. The van der Waals surface area contributed by atoms with Crippen LogP contribution in [-0.2, 0) is 0 Å². The largest absolute Gasteiger partial charge is 0.294 e. The minimum atomic E-state index is 0.183. The van der Waals surface area contributed by atoms with Gasteiger partial charge in [-0.05, 0) is 23.0 Å². The third-order valence-corrected chi connectivity index (χ3v) is 4.98. The molecule has 1 heteroatoms. The second-order valence-corrected chi connectivity index (χ2v) is 5.80. The summed E-state index contributed by atoms with van der Waals surface area (Å²) in [6, 6.07) is 18.7. The van der Waals surface area contributed by atoms with Gasteiger partial charge in [-0.25, -0.2) is 0 Å². The molecule has 0 spiro atoms. The van der Waals surface area contributed by atoms with Crippen molar-refractivity contribution >= 4 is 5.78 Å². The van der Waals surface area contributed by atoms with Crippen LogP contribution in [0.3, 0.4) is 0 Å². The lowest BCUT2D eigenvalue weighted by Gasteiger charge is -2.54. The first-order valence-electron chi connectivity index (χ1n) is 6.97. The quantitative estimate of drug-likeness (QED) is 0.745. The smallest absolute Gasteiger partial charge is 0.167 e. The minimum Gasteiger partial charge on any atom is -0.294 e. The fraction of sp³-hybridized carbons (Fsp3) is 0.278. The Morgan fingerprint density at radius 3 is 2.26 bits per heavy atom. The maximum Gasteiger partial charge on any atom is 0.167 e. The molecule has 4 rings (SSSR count). The van der Waals surface area contributed by atoms with Gasteiger partial charge in [0.2, 0.25) is 0 Å². The lowest BCUT2D eigenvalue weighted by molar-refractivity contribution is 0.0523. The first-order valence-corrected chi connectivity index (χ1v) is 6.97. The van der Waals surface area contributed by atoms with E-state index in [1.54, 1.807) is 0 Å². The first-order chi connectivity index (χ1) is 9.29. The minimum absolute atomic E-state index is 0.183. The predicted molar refractivity (Wildman–Crippen MR) is 75.4 cm³/mol. The predicted octanol–water partition coefficient (Wildman–Crippen LogP) is 4.02. The molecule has 2 bridgehead atoms. The van der Waals surface area contributed by atoms with E-state index in [1.165, 1.54) is 11.1 Å². The molecule has 1 nitrogen and oxygen atoms in total. The van der Waals surface area contributed by atoms with Crippen molar-refractivity contribution in [3.05, 3.63) is 71.3 Å².